The van der Waals surface area contributed by atoms with Gasteiger partial charge in [-0.25, -0.2) is 0 Å². The Hall–Kier alpha value is -1.31. The number of carbonyl (C=O) groups excluding carboxylic acids is 1. The van der Waals surface area contributed by atoms with E-state index in [0.717, 1.165) is 44.2 Å². The normalized spacial score (nSPS) is 29.6. The Kier molecular flexibility index (Phi) is 4.05. The minimum absolute atomic E-state index is 0.0137. The fourth-order valence-electron chi connectivity index (χ4n) is 4.17. The lowest BCUT2D eigenvalue weighted by atomic mass is 9.67. The van der Waals surface area contributed by atoms with Crippen molar-refractivity contribution < 1.29 is 4.79 Å². The smallest absolute Gasteiger partial charge is 0.229 e. The Labute approximate surface area is 128 Å². The molecule has 0 aromatic heterocycles. The Morgan fingerprint density at radius 1 is 1.14 bits per heavy atom. The molecule has 0 atom stereocenters. The maximum absolute atomic E-state index is 12.9. The molecule has 1 aliphatic carbocycles. The first-order valence-electron chi connectivity index (χ1n) is 8.44. The lowest BCUT2D eigenvalue weighted by Crippen LogP contribution is -2.37. The molecular formula is C19H27NO. The molecule has 21 heavy (non-hydrogen) atoms. The second-order valence-electron chi connectivity index (χ2n) is 7.32. The molecule has 1 aromatic carbocycles. The summed E-state index contributed by atoms with van der Waals surface area (Å²) in [7, 11) is 0. The lowest BCUT2D eigenvalue weighted by Gasteiger charge is -2.37. The van der Waals surface area contributed by atoms with Crippen molar-refractivity contribution >= 4 is 5.91 Å². The van der Waals surface area contributed by atoms with Crippen LogP contribution in [0.4, 0.5) is 0 Å². The predicted octanol–water partition coefficient (Wildman–Crippen LogP) is 4.25. The summed E-state index contributed by atoms with van der Waals surface area (Å²) in [6.07, 6.45) is 5.77. The van der Waals surface area contributed by atoms with Crippen LogP contribution < -0.4 is 0 Å². The topological polar surface area (TPSA) is 20.3 Å². The molecule has 1 spiro atoms. The number of likely N-dealkylation sites (tertiary alicyclic amines) is 1. The largest absolute Gasteiger partial charge is 0.338 e. The van der Waals surface area contributed by atoms with Gasteiger partial charge in [0.05, 0.1) is 5.41 Å². The highest BCUT2D eigenvalue weighted by molar-refractivity contribution is 5.85. The van der Waals surface area contributed by atoms with Gasteiger partial charge in [0.2, 0.25) is 5.91 Å². The highest BCUT2D eigenvalue weighted by Crippen LogP contribution is 2.48. The zero-order valence-electron chi connectivity index (χ0n) is 13.3. The van der Waals surface area contributed by atoms with Gasteiger partial charge in [0.1, 0.15) is 0 Å². The molecule has 0 bridgehead atoms. The van der Waals surface area contributed by atoms with Crippen LogP contribution >= 0.6 is 0 Å². The molecular weight excluding hydrogens is 258 g/mol. The van der Waals surface area contributed by atoms with Crippen LogP contribution in [0.25, 0.3) is 0 Å². The van der Waals surface area contributed by atoms with E-state index >= 15 is 0 Å². The van der Waals surface area contributed by atoms with Crippen LogP contribution in [0.2, 0.25) is 0 Å². The fraction of sp³-hybridized carbons (Fsp3) is 0.632. The van der Waals surface area contributed by atoms with Gasteiger partial charge in [-0.15, -0.1) is 0 Å². The summed E-state index contributed by atoms with van der Waals surface area (Å²) < 4.78 is 0. The zero-order valence-corrected chi connectivity index (χ0v) is 13.3. The van der Waals surface area contributed by atoms with Gasteiger partial charge in [-0.3, -0.25) is 4.79 Å². The van der Waals surface area contributed by atoms with Crippen molar-refractivity contribution in [2.45, 2.75) is 52.5 Å². The van der Waals surface area contributed by atoms with Gasteiger partial charge in [-0.2, -0.15) is 0 Å². The average molecular weight is 285 g/mol. The van der Waals surface area contributed by atoms with Crippen molar-refractivity contribution in [3.8, 4) is 0 Å². The van der Waals surface area contributed by atoms with Crippen molar-refractivity contribution in [3.63, 3.8) is 0 Å². The van der Waals surface area contributed by atoms with Crippen LogP contribution in [0.1, 0.15) is 51.5 Å². The van der Waals surface area contributed by atoms with Crippen molar-refractivity contribution in [2.75, 3.05) is 6.54 Å². The van der Waals surface area contributed by atoms with E-state index in [-0.39, 0.29) is 5.41 Å². The molecule has 0 N–H and O–H groups in total. The van der Waals surface area contributed by atoms with Crippen molar-refractivity contribution in [1.29, 1.82) is 0 Å². The van der Waals surface area contributed by atoms with Crippen LogP contribution in [-0.2, 0) is 11.3 Å². The minimum atomic E-state index is -0.0137. The molecule has 0 unspecified atom stereocenters. The molecule has 114 valence electrons. The molecule has 1 saturated heterocycles. The van der Waals surface area contributed by atoms with Crippen LogP contribution in [0.5, 0.6) is 0 Å². The van der Waals surface area contributed by atoms with E-state index in [1.165, 1.54) is 18.4 Å². The molecule has 1 aromatic rings. The number of benzene rings is 1. The van der Waals surface area contributed by atoms with Crippen molar-refractivity contribution in [2.24, 2.45) is 17.3 Å². The van der Waals surface area contributed by atoms with Crippen molar-refractivity contribution in [3.05, 3.63) is 35.9 Å². The molecule has 2 heteroatoms. The van der Waals surface area contributed by atoms with Gasteiger partial charge in [0.15, 0.2) is 0 Å². The number of hydrogen-bond acceptors (Lipinski definition) is 1. The summed E-state index contributed by atoms with van der Waals surface area (Å²) in [4.78, 5) is 15.0. The van der Waals surface area contributed by atoms with E-state index in [0.29, 0.717) is 5.91 Å². The van der Waals surface area contributed by atoms with E-state index < -0.39 is 0 Å². The zero-order chi connectivity index (χ0) is 14.9. The third kappa shape index (κ3) is 2.86. The molecule has 1 aliphatic heterocycles. The summed E-state index contributed by atoms with van der Waals surface area (Å²) in [5.41, 5.74) is 1.24. The third-order valence-electron chi connectivity index (χ3n) is 5.75. The number of nitrogens with zero attached hydrogens (tertiary/aromatic N) is 1. The first kappa shape index (κ1) is 14.6. The Bertz CT molecular complexity index is 486. The Morgan fingerprint density at radius 2 is 1.81 bits per heavy atom. The lowest BCUT2D eigenvalue weighted by molar-refractivity contribution is -0.138. The predicted molar refractivity (Wildman–Crippen MR) is 85.7 cm³/mol. The van der Waals surface area contributed by atoms with Gasteiger partial charge in [0.25, 0.3) is 0 Å². The second kappa shape index (κ2) is 5.82. The van der Waals surface area contributed by atoms with E-state index in [4.69, 9.17) is 0 Å². The maximum Gasteiger partial charge on any atom is 0.229 e. The van der Waals surface area contributed by atoms with Gasteiger partial charge in [0, 0.05) is 13.1 Å². The molecule has 3 rings (SSSR count). The standard InChI is InChI=1S/C19H27NO/c1-15(2)17-8-10-19(11-9-17)12-13-20(18(19)21)14-16-6-4-3-5-7-16/h3-7,15,17H,8-14H2,1-2H3. The SMILES string of the molecule is CC(C)C1CCC2(CC1)CCN(Cc1ccccc1)C2=O. The molecule has 2 fully saturated rings. The quantitative estimate of drug-likeness (QED) is 0.813. The summed E-state index contributed by atoms with van der Waals surface area (Å²) in [5.74, 6) is 2.01. The molecule has 2 nitrogen and oxygen atoms in total. The minimum Gasteiger partial charge on any atom is -0.338 e. The Balaban J connectivity index is 1.64. The first-order chi connectivity index (χ1) is 10.1. The summed E-state index contributed by atoms with van der Waals surface area (Å²) in [5, 5.41) is 0. The van der Waals surface area contributed by atoms with Crippen LogP contribution in [0.3, 0.4) is 0 Å². The van der Waals surface area contributed by atoms with Crippen LogP contribution in [0, 0.1) is 17.3 Å². The third-order valence-corrected chi connectivity index (χ3v) is 5.75. The van der Waals surface area contributed by atoms with E-state index in [2.05, 4.69) is 43.0 Å². The van der Waals surface area contributed by atoms with E-state index in [1.807, 2.05) is 6.07 Å². The molecule has 2 aliphatic rings. The molecule has 1 heterocycles. The molecule has 1 saturated carbocycles. The van der Waals surface area contributed by atoms with Crippen LogP contribution in [-0.4, -0.2) is 17.4 Å². The summed E-state index contributed by atoms with van der Waals surface area (Å²) in [6.45, 7) is 6.37. The average Bonchev–Trinajstić information content (AvgIpc) is 2.79. The van der Waals surface area contributed by atoms with Crippen LogP contribution in [0.15, 0.2) is 30.3 Å². The number of carbonyl (C=O) groups is 1. The van der Waals surface area contributed by atoms with Gasteiger partial charge >= 0.3 is 0 Å². The summed E-state index contributed by atoms with van der Waals surface area (Å²) in [6, 6.07) is 10.4. The molecule has 0 radical (unpaired) electrons. The maximum atomic E-state index is 12.9. The Morgan fingerprint density at radius 3 is 2.43 bits per heavy atom. The second-order valence-corrected chi connectivity index (χ2v) is 7.32. The summed E-state index contributed by atoms with van der Waals surface area (Å²) >= 11 is 0. The monoisotopic (exact) mass is 285 g/mol. The highest BCUT2D eigenvalue weighted by Gasteiger charge is 2.48. The highest BCUT2D eigenvalue weighted by atomic mass is 16.2. The number of rotatable bonds is 3. The van der Waals surface area contributed by atoms with Gasteiger partial charge in [-0.05, 0) is 49.5 Å². The fourth-order valence-corrected chi connectivity index (χ4v) is 4.17. The van der Waals surface area contributed by atoms with Gasteiger partial charge in [-0.1, -0.05) is 44.2 Å². The van der Waals surface area contributed by atoms with Crippen molar-refractivity contribution in [1.82, 2.24) is 4.90 Å². The van der Waals surface area contributed by atoms with E-state index in [9.17, 15) is 4.79 Å². The molecule has 1 amide bonds. The van der Waals surface area contributed by atoms with E-state index in [1.54, 1.807) is 0 Å². The first-order valence-corrected chi connectivity index (χ1v) is 8.44. The number of amides is 1. The number of hydrogen-bond donors (Lipinski definition) is 0. The van der Waals surface area contributed by atoms with Gasteiger partial charge < -0.3 is 4.90 Å².